The molecule has 0 saturated carbocycles. The van der Waals surface area contributed by atoms with E-state index in [0.717, 1.165) is 44.1 Å². The molecule has 4 rings (SSSR count). The summed E-state index contributed by atoms with van der Waals surface area (Å²) in [5.41, 5.74) is 2.86. The molecule has 0 unspecified atom stereocenters. The topological polar surface area (TPSA) is 55.9 Å². The number of hydrogen-bond acceptors (Lipinski definition) is 5. The van der Waals surface area contributed by atoms with Crippen LogP contribution < -0.4 is 10.2 Å². The molecule has 2 aromatic rings. The minimum atomic E-state index is -0.392. The van der Waals surface area contributed by atoms with Gasteiger partial charge in [0, 0.05) is 43.6 Å². The molecule has 1 fully saturated rings. The summed E-state index contributed by atoms with van der Waals surface area (Å²) < 4.78 is 13.4. The largest absolute Gasteiger partial charge is 0.369 e. The predicted molar refractivity (Wildman–Crippen MR) is 125 cm³/mol. The van der Waals surface area contributed by atoms with Crippen molar-refractivity contribution in [3.63, 3.8) is 0 Å². The molecule has 0 bridgehead atoms. The molecule has 6 nitrogen and oxygen atoms in total. The third-order valence-corrected chi connectivity index (χ3v) is 6.09. The van der Waals surface area contributed by atoms with Crippen LogP contribution in [0.2, 0.25) is 0 Å². The molecule has 2 heterocycles. The van der Waals surface area contributed by atoms with Crippen molar-refractivity contribution < 1.29 is 14.0 Å². The average molecular weight is 437 g/mol. The van der Waals surface area contributed by atoms with E-state index in [-0.39, 0.29) is 29.1 Å². The Morgan fingerprint density at radius 1 is 0.906 bits per heavy atom. The molecule has 32 heavy (non-hydrogen) atoms. The Kier molecular flexibility index (Phi) is 6.28. The lowest BCUT2D eigenvalue weighted by atomic mass is 10.0. The Bertz CT molecular complexity index is 1020. The monoisotopic (exact) mass is 436 g/mol. The minimum absolute atomic E-state index is 0.222. The molecule has 2 aliphatic rings. The van der Waals surface area contributed by atoms with Gasteiger partial charge in [0.15, 0.2) is 0 Å². The molecule has 0 aromatic heterocycles. The number of carbonyl (C=O) groups is 2. The molecule has 2 aliphatic heterocycles. The number of anilines is 2. The van der Waals surface area contributed by atoms with Crippen LogP contribution in [0.25, 0.3) is 5.57 Å². The minimum Gasteiger partial charge on any atom is -0.369 e. The zero-order chi connectivity index (χ0) is 22.8. The molecule has 168 valence electrons. The number of piperazine rings is 1. The summed E-state index contributed by atoms with van der Waals surface area (Å²) in [6, 6.07) is 13.3. The van der Waals surface area contributed by atoms with Gasteiger partial charge in [0.2, 0.25) is 0 Å². The zero-order valence-electron chi connectivity index (χ0n) is 18.8. The Morgan fingerprint density at radius 3 is 2.09 bits per heavy atom. The fraction of sp³-hybridized carbons (Fsp3) is 0.360. The number of rotatable bonds is 6. The summed E-state index contributed by atoms with van der Waals surface area (Å²) in [4.78, 5) is 32.2. The van der Waals surface area contributed by atoms with Crippen LogP contribution >= 0.6 is 0 Å². The van der Waals surface area contributed by atoms with Crippen LogP contribution in [-0.2, 0) is 9.59 Å². The van der Waals surface area contributed by atoms with Gasteiger partial charge in [-0.05, 0) is 62.4 Å². The number of benzene rings is 2. The van der Waals surface area contributed by atoms with Gasteiger partial charge < -0.3 is 15.1 Å². The SMILES string of the molecule is CCN1CCN(c2ccc(NC3=C(c4ccc(F)cc4)C(=O)N(C(C)C)C3=O)cc2)CC1. The van der Waals surface area contributed by atoms with Gasteiger partial charge >= 0.3 is 0 Å². The van der Waals surface area contributed by atoms with E-state index < -0.39 is 5.82 Å². The second kappa shape index (κ2) is 9.12. The highest BCUT2D eigenvalue weighted by atomic mass is 19.1. The summed E-state index contributed by atoms with van der Waals surface area (Å²) in [6.07, 6.45) is 0. The summed E-state index contributed by atoms with van der Waals surface area (Å²) >= 11 is 0. The lowest BCUT2D eigenvalue weighted by Crippen LogP contribution is -2.46. The Labute approximate surface area is 188 Å². The summed E-state index contributed by atoms with van der Waals surface area (Å²) in [7, 11) is 0. The number of nitrogens with zero attached hydrogens (tertiary/aromatic N) is 3. The van der Waals surface area contributed by atoms with Gasteiger partial charge in [0.1, 0.15) is 11.5 Å². The fourth-order valence-electron chi connectivity index (χ4n) is 4.24. The number of imide groups is 1. The first-order chi connectivity index (χ1) is 15.4. The van der Waals surface area contributed by atoms with E-state index >= 15 is 0 Å². The lowest BCUT2D eigenvalue weighted by Gasteiger charge is -2.35. The van der Waals surface area contributed by atoms with Crippen molar-refractivity contribution >= 4 is 28.8 Å². The Hall–Kier alpha value is -3.19. The van der Waals surface area contributed by atoms with E-state index in [2.05, 4.69) is 22.0 Å². The van der Waals surface area contributed by atoms with E-state index in [4.69, 9.17) is 0 Å². The molecule has 0 aliphatic carbocycles. The molecule has 0 spiro atoms. The molecule has 2 amide bonds. The van der Waals surface area contributed by atoms with E-state index in [0.29, 0.717) is 5.56 Å². The highest BCUT2D eigenvalue weighted by molar-refractivity contribution is 6.36. The van der Waals surface area contributed by atoms with Gasteiger partial charge in [0.05, 0.1) is 5.57 Å². The van der Waals surface area contributed by atoms with Gasteiger partial charge in [-0.1, -0.05) is 19.1 Å². The first kappa shape index (κ1) is 22.0. The van der Waals surface area contributed by atoms with Crippen molar-refractivity contribution in [3.8, 4) is 0 Å². The second-order valence-electron chi connectivity index (χ2n) is 8.42. The van der Waals surface area contributed by atoms with Gasteiger partial charge in [-0.2, -0.15) is 0 Å². The summed E-state index contributed by atoms with van der Waals surface area (Å²) in [6.45, 7) is 10.9. The van der Waals surface area contributed by atoms with E-state index in [1.807, 2.05) is 24.3 Å². The maximum absolute atomic E-state index is 13.4. The quantitative estimate of drug-likeness (QED) is 0.702. The number of amides is 2. The molecule has 0 atom stereocenters. The smallest absolute Gasteiger partial charge is 0.278 e. The van der Waals surface area contributed by atoms with Crippen LogP contribution in [0.1, 0.15) is 26.3 Å². The molecular formula is C25H29FN4O2. The number of carbonyl (C=O) groups excluding carboxylic acids is 2. The first-order valence-electron chi connectivity index (χ1n) is 11.1. The van der Waals surface area contributed by atoms with Crippen LogP contribution in [0.4, 0.5) is 15.8 Å². The van der Waals surface area contributed by atoms with Crippen molar-refractivity contribution in [3.05, 3.63) is 65.6 Å². The van der Waals surface area contributed by atoms with Gasteiger partial charge in [-0.25, -0.2) is 4.39 Å². The first-order valence-corrected chi connectivity index (χ1v) is 11.1. The average Bonchev–Trinajstić information content (AvgIpc) is 3.04. The highest BCUT2D eigenvalue weighted by Gasteiger charge is 2.40. The predicted octanol–water partition coefficient (Wildman–Crippen LogP) is 3.57. The third-order valence-electron chi connectivity index (χ3n) is 6.09. The van der Waals surface area contributed by atoms with Crippen molar-refractivity contribution in [2.75, 3.05) is 42.9 Å². The van der Waals surface area contributed by atoms with Crippen molar-refractivity contribution in [2.24, 2.45) is 0 Å². The van der Waals surface area contributed by atoms with Crippen LogP contribution in [0, 0.1) is 5.82 Å². The number of likely N-dealkylation sites (N-methyl/N-ethyl adjacent to an activating group) is 1. The molecule has 7 heteroatoms. The number of halogens is 1. The van der Waals surface area contributed by atoms with Crippen molar-refractivity contribution in [1.82, 2.24) is 9.80 Å². The van der Waals surface area contributed by atoms with Crippen molar-refractivity contribution in [2.45, 2.75) is 26.8 Å². The Balaban J connectivity index is 1.59. The van der Waals surface area contributed by atoms with Crippen LogP contribution in [0.5, 0.6) is 0 Å². The summed E-state index contributed by atoms with van der Waals surface area (Å²) in [5, 5.41) is 3.16. The van der Waals surface area contributed by atoms with Crippen molar-refractivity contribution in [1.29, 1.82) is 0 Å². The zero-order valence-corrected chi connectivity index (χ0v) is 18.8. The molecule has 2 aromatic carbocycles. The van der Waals surface area contributed by atoms with Gasteiger partial charge in [0.25, 0.3) is 11.8 Å². The van der Waals surface area contributed by atoms with E-state index in [1.54, 1.807) is 13.8 Å². The van der Waals surface area contributed by atoms with Crippen LogP contribution in [-0.4, -0.2) is 60.4 Å². The van der Waals surface area contributed by atoms with Crippen LogP contribution in [0.3, 0.4) is 0 Å². The molecular weight excluding hydrogens is 407 g/mol. The lowest BCUT2D eigenvalue weighted by molar-refractivity contribution is -0.138. The maximum atomic E-state index is 13.4. The standard InChI is InChI=1S/C25H29FN4O2/c1-4-28-13-15-29(16-14-28)21-11-9-20(10-12-21)27-23-22(18-5-7-19(26)8-6-18)24(31)30(17(2)3)25(23)32/h5-12,17,27H,4,13-16H2,1-3H3. The molecule has 1 N–H and O–H groups in total. The third kappa shape index (κ3) is 4.25. The second-order valence-corrected chi connectivity index (χ2v) is 8.42. The molecule has 1 saturated heterocycles. The normalized spacial score (nSPS) is 17.7. The maximum Gasteiger partial charge on any atom is 0.278 e. The summed E-state index contributed by atoms with van der Waals surface area (Å²) in [5.74, 6) is -1.13. The Morgan fingerprint density at radius 2 is 1.53 bits per heavy atom. The van der Waals surface area contributed by atoms with Gasteiger partial charge in [-0.3, -0.25) is 14.5 Å². The highest BCUT2D eigenvalue weighted by Crippen LogP contribution is 2.32. The van der Waals surface area contributed by atoms with E-state index in [1.165, 1.54) is 29.2 Å². The van der Waals surface area contributed by atoms with Crippen LogP contribution in [0.15, 0.2) is 54.2 Å². The van der Waals surface area contributed by atoms with Gasteiger partial charge in [-0.15, -0.1) is 0 Å². The number of hydrogen-bond donors (Lipinski definition) is 1. The molecule has 0 radical (unpaired) electrons. The fourth-order valence-corrected chi connectivity index (χ4v) is 4.24. The van der Waals surface area contributed by atoms with E-state index in [9.17, 15) is 14.0 Å². The number of nitrogens with one attached hydrogen (secondary N) is 1.